The first-order chi connectivity index (χ1) is 15.0. The Labute approximate surface area is 181 Å². The summed E-state index contributed by atoms with van der Waals surface area (Å²) in [6.45, 7) is 7.07. The normalized spacial score (nSPS) is 11.1. The molecule has 1 N–H and O–H groups in total. The topological polar surface area (TPSA) is 82.2 Å². The number of hydrogen-bond acceptors (Lipinski definition) is 5. The largest absolute Gasteiger partial charge is 0.489 e. The molecule has 2 aromatic carbocycles. The van der Waals surface area contributed by atoms with E-state index in [1.807, 2.05) is 62.4 Å². The van der Waals surface area contributed by atoms with Crippen LogP contribution in [0.1, 0.15) is 35.9 Å². The molecule has 1 amide bonds. The summed E-state index contributed by atoms with van der Waals surface area (Å²) in [4.78, 5) is 17.2. The third kappa shape index (κ3) is 4.60. The maximum Gasteiger partial charge on any atom is 0.231 e. The van der Waals surface area contributed by atoms with Crippen LogP contribution in [0.3, 0.4) is 0 Å². The summed E-state index contributed by atoms with van der Waals surface area (Å²) in [5.74, 6) is 1.98. The lowest BCUT2D eigenvalue weighted by Crippen LogP contribution is -2.18. The van der Waals surface area contributed by atoms with E-state index < -0.39 is 0 Å². The zero-order valence-corrected chi connectivity index (χ0v) is 18.0. The average Bonchev–Trinajstić information content (AvgIpc) is 3.27. The molecule has 0 radical (unpaired) electrons. The van der Waals surface area contributed by atoms with Crippen molar-refractivity contribution >= 4 is 22.9 Å². The van der Waals surface area contributed by atoms with Crippen LogP contribution in [0.25, 0.3) is 11.0 Å². The smallest absolute Gasteiger partial charge is 0.231 e. The van der Waals surface area contributed by atoms with Gasteiger partial charge in [0.05, 0.1) is 28.7 Å². The SMILES string of the molecule is CCCn1c(NC(=O)Cc2ccc(OCc3c(C)noc3C)cc2)nc2ccccc21. The summed E-state index contributed by atoms with van der Waals surface area (Å²) >= 11 is 0. The number of para-hydroxylation sites is 2. The van der Waals surface area contributed by atoms with Gasteiger partial charge in [-0.1, -0.05) is 36.3 Å². The predicted molar refractivity (Wildman–Crippen MR) is 119 cm³/mol. The standard InChI is InChI=1S/C24H26N4O3/c1-4-13-28-22-8-6-5-7-21(22)25-24(28)26-23(29)14-18-9-11-19(12-10-18)30-15-20-16(2)27-31-17(20)3/h5-12H,4,13-15H2,1-3H3,(H,25,26,29). The van der Waals surface area contributed by atoms with Crippen LogP contribution in [-0.2, 0) is 24.4 Å². The molecule has 4 rings (SSSR count). The number of amides is 1. The van der Waals surface area contributed by atoms with E-state index in [0.29, 0.717) is 12.6 Å². The van der Waals surface area contributed by atoms with E-state index >= 15 is 0 Å². The number of anilines is 1. The van der Waals surface area contributed by atoms with Crippen molar-refractivity contribution in [2.45, 2.75) is 46.8 Å². The van der Waals surface area contributed by atoms with Gasteiger partial charge in [-0.2, -0.15) is 0 Å². The minimum Gasteiger partial charge on any atom is -0.489 e. The number of fused-ring (bicyclic) bond motifs is 1. The molecular formula is C24H26N4O3. The Morgan fingerprint density at radius 3 is 2.61 bits per heavy atom. The van der Waals surface area contributed by atoms with Crippen LogP contribution in [0.15, 0.2) is 53.1 Å². The van der Waals surface area contributed by atoms with E-state index in [1.165, 1.54) is 0 Å². The second kappa shape index (κ2) is 9.04. The minimum absolute atomic E-state index is 0.1000. The molecule has 4 aromatic rings. The number of carbonyl (C=O) groups excluding carboxylic acids is 1. The number of carbonyl (C=O) groups is 1. The Morgan fingerprint density at radius 1 is 1.13 bits per heavy atom. The van der Waals surface area contributed by atoms with Gasteiger partial charge in [0.2, 0.25) is 11.9 Å². The number of nitrogens with one attached hydrogen (secondary N) is 1. The second-order valence-corrected chi connectivity index (χ2v) is 7.54. The molecule has 0 fully saturated rings. The number of ether oxygens (including phenoxy) is 1. The van der Waals surface area contributed by atoms with Crippen molar-refractivity contribution in [3.05, 3.63) is 71.1 Å². The first-order valence-corrected chi connectivity index (χ1v) is 10.4. The molecule has 0 bridgehead atoms. The highest BCUT2D eigenvalue weighted by Gasteiger charge is 2.13. The first kappa shape index (κ1) is 20.7. The van der Waals surface area contributed by atoms with Crippen molar-refractivity contribution in [2.24, 2.45) is 0 Å². The van der Waals surface area contributed by atoms with E-state index in [4.69, 9.17) is 9.26 Å². The Kier molecular flexibility index (Phi) is 6.02. The lowest BCUT2D eigenvalue weighted by Gasteiger charge is -2.10. The number of aryl methyl sites for hydroxylation is 3. The fraction of sp³-hybridized carbons (Fsp3) is 0.292. The van der Waals surface area contributed by atoms with E-state index in [2.05, 4.69) is 26.9 Å². The van der Waals surface area contributed by atoms with Crippen LogP contribution >= 0.6 is 0 Å². The number of hydrogen-bond donors (Lipinski definition) is 1. The van der Waals surface area contributed by atoms with E-state index in [-0.39, 0.29) is 12.3 Å². The van der Waals surface area contributed by atoms with Crippen molar-refractivity contribution in [3.8, 4) is 5.75 Å². The lowest BCUT2D eigenvalue weighted by molar-refractivity contribution is -0.115. The molecule has 0 spiro atoms. The molecule has 0 atom stereocenters. The van der Waals surface area contributed by atoms with Gasteiger partial charge in [0.25, 0.3) is 0 Å². The van der Waals surface area contributed by atoms with Crippen molar-refractivity contribution in [1.29, 1.82) is 0 Å². The quantitative estimate of drug-likeness (QED) is 0.444. The Hall–Kier alpha value is -3.61. The van der Waals surface area contributed by atoms with Gasteiger partial charge in [0, 0.05) is 6.54 Å². The molecule has 2 heterocycles. The number of imidazole rings is 1. The second-order valence-electron chi connectivity index (χ2n) is 7.54. The first-order valence-electron chi connectivity index (χ1n) is 10.4. The summed E-state index contributed by atoms with van der Waals surface area (Å²) < 4.78 is 13.0. The Bertz CT molecular complexity index is 1170. The molecule has 0 aliphatic rings. The third-order valence-corrected chi connectivity index (χ3v) is 5.21. The van der Waals surface area contributed by atoms with Gasteiger partial charge in [-0.15, -0.1) is 0 Å². The average molecular weight is 418 g/mol. The van der Waals surface area contributed by atoms with Crippen LogP contribution in [-0.4, -0.2) is 20.6 Å². The summed E-state index contributed by atoms with van der Waals surface area (Å²) in [6, 6.07) is 15.5. The molecule has 160 valence electrons. The van der Waals surface area contributed by atoms with Crippen LogP contribution in [0, 0.1) is 13.8 Å². The molecule has 0 unspecified atom stereocenters. The summed E-state index contributed by atoms with van der Waals surface area (Å²) in [5.41, 5.74) is 4.60. The molecule has 7 nitrogen and oxygen atoms in total. The van der Waals surface area contributed by atoms with E-state index in [1.54, 1.807) is 0 Å². The third-order valence-electron chi connectivity index (χ3n) is 5.21. The Balaban J connectivity index is 1.39. The number of benzene rings is 2. The van der Waals surface area contributed by atoms with Crippen molar-refractivity contribution in [3.63, 3.8) is 0 Å². The number of aromatic nitrogens is 3. The molecule has 0 saturated carbocycles. The molecule has 0 aliphatic carbocycles. The zero-order chi connectivity index (χ0) is 21.8. The van der Waals surface area contributed by atoms with E-state index in [9.17, 15) is 4.79 Å². The van der Waals surface area contributed by atoms with Gasteiger partial charge in [-0.3, -0.25) is 10.1 Å². The molecule has 7 heteroatoms. The highest BCUT2D eigenvalue weighted by molar-refractivity contribution is 5.92. The maximum atomic E-state index is 12.6. The molecular weight excluding hydrogens is 392 g/mol. The molecule has 0 aliphatic heterocycles. The molecule has 0 saturated heterocycles. The number of nitrogens with zero attached hydrogens (tertiary/aromatic N) is 3. The van der Waals surface area contributed by atoms with Gasteiger partial charge in [-0.05, 0) is 50.1 Å². The maximum absolute atomic E-state index is 12.6. The fourth-order valence-electron chi connectivity index (χ4n) is 3.54. The predicted octanol–water partition coefficient (Wildman–Crippen LogP) is 4.81. The summed E-state index contributed by atoms with van der Waals surface area (Å²) in [6.07, 6.45) is 1.22. The number of rotatable bonds is 8. The van der Waals surface area contributed by atoms with Crippen molar-refractivity contribution in [1.82, 2.24) is 14.7 Å². The Morgan fingerprint density at radius 2 is 1.90 bits per heavy atom. The molecule has 31 heavy (non-hydrogen) atoms. The summed E-state index contributed by atoms with van der Waals surface area (Å²) in [5, 5.41) is 6.90. The summed E-state index contributed by atoms with van der Waals surface area (Å²) in [7, 11) is 0. The highest BCUT2D eigenvalue weighted by atomic mass is 16.5. The van der Waals surface area contributed by atoms with Crippen molar-refractivity contribution in [2.75, 3.05) is 5.32 Å². The van der Waals surface area contributed by atoms with Gasteiger partial charge >= 0.3 is 0 Å². The van der Waals surface area contributed by atoms with Crippen LogP contribution in [0.2, 0.25) is 0 Å². The van der Waals surface area contributed by atoms with E-state index in [0.717, 1.165) is 52.3 Å². The minimum atomic E-state index is -0.1000. The van der Waals surface area contributed by atoms with Crippen LogP contribution in [0.4, 0.5) is 5.95 Å². The molecule has 2 aromatic heterocycles. The monoisotopic (exact) mass is 418 g/mol. The van der Waals surface area contributed by atoms with Crippen LogP contribution in [0.5, 0.6) is 5.75 Å². The zero-order valence-electron chi connectivity index (χ0n) is 18.0. The van der Waals surface area contributed by atoms with Crippen molar-refractivity contribution < 1.29 is 14.1 Å². The lowest BCUT2D eigenvalue weighted by atomic mass is 10.1. The van der Waals surface area contributed by atoms with Gasteiger partial charge in [0.1, 0.15) is 18.1 Å². The van der Waals surface area contributed by atoms with Gasteiger partial charge in [0.15, 0.2) is 0 Å². The van der Waals surface area contributed by atoms with Gasteiger partial charge < -0.3 is 13.8 Å². The highest BCUT2D eigenvalue weighted by Crippen LogP contribution is 2.21. The van der Waals surface area contributed by atoms with Crippen LogP contribution < -0.4 is 10.1 Å². The van der Waals surface area contributed by atoms with Gasteiger partial charge in [-0.25, -0.2) is 4.98 Å². The fourth-order valence-corrected chi connectivity index (χ4v) is 3.54.